The number of benzene rings is 3. The van der Waals surface area contributed by atoms with Crippen LogP contribution in [0.4, 0.5) is 5.69 Å². The van der Waals surface area contributed by atoms with E-state index in [0.717, 1.165) is 11.1 Å². The zero-order valence-electron chi connectivity index (χ0n) is 12.8. The van der Waals surface area contributed by atoms with Gasteiger partial charge >= 0.3 is 0 Å². The fourth-order valence-corrected chi connectivity index (χ4v) is 2.83. The molecule has 0 aliphatic carbocycles. The highest BCUT2D eigenvalue weighted by Crippen LogP contribution is 2.32. The second-order valence-corrected chi connectivity index (χ2v) is 5.90. The van der Waals surface area contributed by atoms with Crippen molar-refractivity contribution in [1.29, 1.82) is 0 Å². The van der Waals surface area contributed by atoms with Gasteiger partial charge < -0.3 is 4.42 Å². The highest BCUT2D eigenvalue weighted by atomic mass is 35.5. The number of nitrogens with zero attached hydrogens (tertiary/aromatic N) is 2. The molecule has 25 heavy (non-hydrogen) atoms. The second kappa shape index (κ2) is 6.03. The lowest BCUT2D eigenvalue weighted by molar-refractivity contribution is -0.384. The predicted octanol–water partition coefficient (Wildman–Crippen LogP) is 5.72. The second-order valence-electron chi connectivity index (χ2n) is 5.49. The van der Waals surface area contributed by atoms with Crippen LogP contribution in [0, 0.1) is 10.1 Å². The molecule has 0 saturated heterocycles. The Kier molecular flexibility index (Phi) is 3.71. The molecule has 0 atom stereocenters. The number of aromatic nitrogens is 1. The molecule has 0 fully saturated rings. The highest BCUT2D eigenvalue weighted by molar-refractivity contribution is 6.32. The van der Waals surface area contributed by atoms with Crippen molar-refractivity contribution in [3.8, 4) is 22.6 Å². The molecule has 4 rings (SSSR count). The molecule has 0 unspecified atom stereocenters. The van der Waals surface area contributed by atoms with Crippen LogP contribution in [0.2, 0.25) is 5.02 Å². The van der Waals surface area contributed by atoms with E-state index in [1.54, 1.807) is 6.07 Å². The van der Waals surface area contributed by atoms with Gasteiger partial charge in [-0.15, -0.1) is 0 Å². The van der Waals surface area contributed by atoms with Gasteiger partial charge in [-0.25, -0.2) is 4.98 Å². The summed E-state index contributed by atoms with van der Waals surface area (Å²) >= 11 is 5.85. The van der Waals surface area contributed by atoms with Gasteiger partial charge in [-0.05, 0) is 35.4 Å². The van der Waals surface area contributed by atoms with Crippen molar-refractivity contribution in [1.82, 2.24) is 4.98 Å². The Hall–Kier alpha value is -3.18. The molecule has 0 aliphatic heterocycles. The number of halogens is 1. The number of nitro benzene ring substituents is 1. The summed E-state index contributed by atoms with van der Waals surface area (Å²) in [5.74, 6) is 0.319. The lowest BCUT2D eigenvalue weighted by Gasteiger charge is -1.99. The third-order valence-corrected chi connectivity index (χ3v) is 4.20. The highest BCUT2D eigenvalue weighted by Gasteiger charge is 2.16. The average Bonchev–Trinajstić information content (AvgIpc) is 3.05. The molecule has 6 heteroatoms. The molecule has 0 bridgehead atoms. The Balaban J connectivity index is 1.80. The summed E-state index contributed by atoms with van der Waals surface area (Å²) in [5, 5.41) is 11.1. The van der Waals surface area contributed by atoms with E-state index in [1.165, 1.54) is 12.1 Å². The Morgan fingerprint density at radius 3 is 2.44 bits per heavy atom. The molecule has 1 aromatic heterocycles. The third kappa shape index (κ3) is 2.86. The van der Waals surface area contributed by atoms with Crippen molar-refractivity contribution in [3.63, 3.8) is 0 Å². The van der Waals surface area contributed by atoms with Crippen molar-refractivity contribution < 1.29 is 9.34 Å². The van der Waals surface area contributed by atoms with E-state index in [2.05, 4.69) is 4.98 Å². The van der Waals surface area contributed by atoms with Gasteiger partial charge in [-0.2, -0.15) is 0 Å². The van der Waals surface area contributed by atoms with Crippen LogP contribution >= 0.6 is 11.6 Å². The first-order valence-corrected chi connectivity index (χ1v) is 7.90. The molecule has 0 aliphatic rings. The molecule has 3 aromatic carbocycles. The van der Waals surface area contributed by atoms with Gasteiger partial charge in [-0.3, -0.25) is 10.1 Å². The molecule has 4 aromatic rings. The summed E-state index contributed by atoms with van der Waals surface area (Å²) in [6.07, 6.45) is 0. The molecule has 0 amide bonds. The Labute approximate surface area is 147 Å². The first-order valence-electron chi connectivity index (χ1n) is 7.52. The lowest BCUT2D eigenvalue weighted by atomic mass is 10.1. The van der Waals surface area contributed by atoms with Crippen LogP contribution in [0.5, 0.6) is 0 Å². The van der Waals surface area contributed by atoms with Crippen molar-refractivity contribution in [3.05, 3.63) is 81.9 Å². The molecule has 0 spiro atoms. The summed E-state index contributed by atoms with van der Waals surface area (Å²) in [7, 11) is 0. The van der Waals surface area contributed by atoms with Crippen LogP contribution in [0.15, 0.2) is 71.1 Å². The van der Waals surface area contributed by atoms with E-state index in [9.17, 15) is 10.1 Å². The van der Waals surface area contributed by atoms with Gasteiger partial charge in [0.25, 0.3) is 5.69 Å². The number of rotatable bonds is 3. The standard InChI is InChI=1S/C19H11ClN2O3/c20-15-8-6-14(11-17(15)22(23)24)19-21-16-10-13(7-9-18(16)25-19)12-4-2-1-3-5-12/h1-11H. The average molecular weight is 351 g/mol. The van der Waals surface area contributed by atoms with Gasteiger partial charge in [0.1, 0.15) is 10.5 Å². The topological polar surface area (TPSA) is 69.2 Å². The minimum absolute atomic E-state index is 0.0798. The largest absolute Gasteiger partial charge is 0.436 e. The van der Waals surface area contributed by atoms with Crippen LogP contribution in [0.3, 0.4) is 0 Å². The summed E-state index contributed by atoms with van der Waals surface area (Å²) in [6, 6.07) is 20.2. The number of nitro groups is 1. The van der Waals surface area contributed by atoms with Crippen LogP contribution in [0.25, 0.3) is 33.7 Å². The van der Waals surface area contributed by atoms with Gasteiger partial charge in [0, 0.05) is 11.6 Å². The van der Waals surface area contributed by atoms with Crippen molar-refractivity contribution >= 4 is 28.4 Å². The maximum Gasteiger partial charge on any atom is 0.288 e. The maximum atomic E-state index is 11.0. The molecule has 0 radical (unpaired) electrons. The minimum atomic E-state index is -0.526. The minimum Gasteiger partial charge on any atom is -0.436 e. The van der Waals surface area contributed by atoms with Crippen LogP contribution in [0.1, 0.15) is 0 Å². The fraction of sp³-hybridized carbons (Fsp3) is 0. The van der Waals surface area contributed by atoms with Gasteiger partial charge in [-0.1, -0.05) is 48.0 Å². The molecule has 0 N–H and O–H groups in total. The van der Waals surface area contributed by atoms with Crippen molar-refractivity contribution in [2.45, 2.75) is 0 Å². The van der Waals surface area contributed by atoms with E-state index in [0.29, 0.717) is 22.6 Å². The van der Waals surface area contributed by atoms with Gasteiger partial charge in [0.2, 0.25) is 5.89 Å². The summed E-state index contributed by atoms with van der Waals surface area (Å²) in [5.41, 5.74) is 3.74. The summed E-state index contributed by atoms with van der Waals surface area (Å²) < 4.78 is 5.74. The monoisotopic (exact) mass is 350 g/mol. The van der Waals surface area contributed by atoms with Crippen LogP contribution < -0.4 is 0 Å². The normalized spacial score (nSPS) is 10.9. The Morgan fingerprint density at radius 1 is 0.920 bits per heavy atom. The lowest BCUT2D eigenvalue weighted by Crippen LogP contribution is -1.89. The summed E-state index contributed by atoms with van der Waals surface area (Å²) in [6.45, 7) is 0. The van der Waals surface area contributed by atoms with Gasteiger partial charge in [0.15, 0.2) is 5.58 Å². The first-order chi connectivity index (χ1) is 12.1. The van der Waals surface area contributed by atoms with Crippen LogP contribution in [-0.4, -0.2) is 9.91 Å². The smallest absolute Gasteiger partial charge is 0.288 e. The number of fused-ring (bicyclic) bond motifs is 1. The summed E-state index contributed by atoms with van der Waals surface area (Å²) in [4.78, 5) is 15.0. The van der Waals surface area contributed by atoms with E-state index < -0.39 is 4.92 Å². The number of hydrogen-bond acceptors (Lipinski definition) is 4. The quantitative estimate of drug-likeness (QED) is 0.350. The van der Waals surface area contributed by atoms with Crippen molar-refractivity contribution in [2.24, 2.45) is 0 Å². The molecule has 1 heterocycles. The van der Waals surface area contributed by atoms with Crippen molar-refractivity contribution in [2.75, 3.05) is 0 Å². The SMILES string of the molecule is O=[N+]([O-])c1cc(-c2nc3cc(-c4ccccc4)ccc3o2)ccc1Cl. The van der Waals surface area contributed by atoms with E-state index in [1.807, 2.05) is 48.5 Å². The zero-order valence-corrected chi connectivity index (χ0v) is 13.6. The van der Waals surface area contributed by atoms with E-state index >= 15 is 0 Å². The first kappa shape index (κ1) is 15.4. The fourth-order valence-electron chi connectivity index (χ4n) is 2.65. The van der Waals surface area contributed by atoms with E-state index in [-0.39, 0.29) is 10.7 Å². The Bertz CT molecular complexity index is 1090. The number of oxazole rings is 1. The maximum absolute atomic E-state index is 11.0. The van der Waals surface area contributed by atoms with E-state index in [4.69, 9.17) is 16.0 Å². The van der Waals surface area contributed by atoms with Crippen LogP contribution in [-0.2, 0) is 0 Å². The van der Waals surface area contributed by atoms with Gasteiger partial charge in [0.05, 0.1) is 4.92 Å². The third-order valence-electron chi connectivity index (χ3n) is 3.88. The molecule has 0 saturated carbocycles. The molecular formula is C19H11ClN2O3. The predicted molar refractivity (Wildman–Crippen MR) is 96.5 cm³/mol. The number of hydrogen-bond donors (Lipinski definition) is 0. The zero-order chi connectivity index (χ0) is 17.4. The molecule has 5 nitrogen and oxygen atoms in total. The Morgan fingerprint density at radius 2 is 1.68 bits per heavy atom. The molecule has 122 valence electrons. The molecular weight excluding hydrogens is 340 g/mol.